The normalized spacial score (nSPS) is 19.9. The third kappa shape index (κ3) is 4.10. The van der Waals surface area contributed by atoms with Crippen LogP contribution in [-0.2, 0) is 9.59 Å². The average molecular weight is 415 g/mol. The van der Waals surface area contributed by atoms with E-state index < -0.39 is 0 Å². The maximum atomic E-state index is 13.0. The van der Waals surface area contributed by atoms with Gasteiger partial charge >= 0.3 is 0 Å². The van der Waals surface area contributed by atoms with Crippen LogP contribution >= 0.6 is 11.3 Å². The minimum atomic E-state index is -0.375. The molecule has 2 amide bonds. The predicted molar refractivity (Wildman–Crippen MR) is 113 cm³/mol. The first-order chi connectivity index (χ1) is 13.8. The number of anilines is 1. The quantitative estimate of drug-likeness (QED) is 0.827. The third-order valence-electron chi connectivity index (χ3n) is 5.31. The fraction of sp³-hybridized carbons (Fsp3) is 0.455. The molecule has 0 saturated carbocycles. The van der Waals surface area contributed by atoms with Crippen LogP contribution in [0.15, 0.2) is 35.7 Å². The van der Waals surface area contributed by atoms with E-state index in [-0.39, 0.29) is 35.6 Å². The van der Waals surface area contributed by atoms with Gasteiger partial charge in [-0.1, -0.05) is 26.8 Å². The monoisotopic (exact) mass is 414 g/mol. The van der Waals surface area contributed by atoms with E-state index >= 15 is 0 Å². The summed E-state index contributed by atoms with van der Waals surface area (Å²) in [7, 11) is 0. The van der Waals surface area contributed by atoms with Crippen molar-refractivity contribution in [1.82, 2.24) is 5.32 Å². The van der Waals surface area contributed by atoms with E-state index in [4.69, 9.17) is 9.47 Å². The van der Waals surface area contributed by atoms with E-state index in [1.165, 1.54) is 0 Å². The molecule has 3 heterocycles. The number of nitrogens with zero attached hydrogens (tertiary/aromatic N) is 1. The second-order valence-corrected chi connectivity index (χ2v) is 9.54. The molecular weight excluding hydrogens is 388 g/mol. The average Bonchev–Trinajstić information content (AvgIpc) is 3.34. The van der Waals surface area contributed by atoms with Gasteiger partial charge in [0.1, 0.15) is 13.2 Å². The number of carbonyl (C=O) groups is 2. The molecule has 2 atom stereocenters. The van der Waals surface area contributed by atoms with Crippen LogP contribution in [0.25, 0.3) is 0 Å². The number of nitrogens with one attached hydrogen (secondary N) is 1. The summed E-state index contributed by atoms with van der Waals surface area (Å²) < 4.78 is 11.2. The summed E-state index contributed by atoms with van der Waals surface area (Å²) in [5.74, 6) is 0.822. The zero-order valence-corrected chi connectivity index (χ0v) is 17.8. The summed E-state index contributed by atoms with van der Waals surface area (Å²) >= 11 is 1.64. The number of thiophene rings is 1. The molecular formula is C22H26N2O4S. The molecule has 7 heteroatoms. The van der Waals surface area contributed by atoms with Crippen molar-refractivity contribution >= 4 is 28.8 Å². The number of carbonyl (C=O) groups excluding carboxylic acids is 2. The molecule has 0 aliphatic carbocycles. The van der Waals surface area contributed by atoms with Crippen molar-refractivity contribution in [3.05, 3.63) is 40.6 Å². The molecule has 29 heavy (non-hydrogen) atoms. The number of hydrogen-bond donors (Lipinski definition) is 1. The third-order valence-corrected chi connectivity index (χ3v) is 6.25. The zero-order chi connectivity index (χ0) is 20.6. The number of benzene rings is 1. The first-order valence-electron chi connectivity index (χ1n) is 9.87. The van der Waals surface area contributed by atoms with Crippen molar-refractivity contribution in [1.29, 1.82) is 0 Å². The lowest BCUT2D eigenvalue weighted by atomic mass is 9.85. The summed E-state index contributed by atoms with van der Waals surface area (Å²) in [5, 5.41) is 5.21. The summed E-state index contributed by atoms with van der Waals surface area (Å²) in [6, 6.07) is 9.42. The smallest absolute Gasteiger partial charge is 0.227 e. The lowest BCUT2D eigenvalue weighted by Crippen LogP contribution is -2.40. The minimum absolute atomic E-state index is 0.0507. The molecule has 1 aromatic heterocycles. The second-order valence-electron chi connectivity index (χ2n) is 8.56. The Labute approximate surface area is 174 Å². The van der Waals surface area contributed by atoms with Crippen molar-refractivity contribution in [2.24, 2.45) is 11.3 Å². The Bertz CT molecular complexity index is 904. The largest absolute Gasteiger partial charge is 0.486 e. The minimum Gasteiger partial charge on any atom is -0.486 e. The maximum Gasteiger partial charge on any atom is 0.227 e. The fourth-order valence-electron chi connectivity index (χ4n) is 3.76. The molecule has 0 spiro atoms. The lowest BCUT2D eigenvalue weighted by Gasteiger charge is -2.31. The van der Waals surface area contributed by atoms with Gasteiger partial charge in [0.05, 0.1) is 12.0 Å². The van der Waals surface area contributed by atoms with E-state index in [9.17, 15) is 9.59 Å². The Balaban J connectivity index is 1.48. The molecule has 154 valence electrons. The van der Waals surface area contributed by atoms with E-state index in [0.29, 0.717) is 31.3 Å². The molecule has 4 rings (SSSR count). The van der Waals surface area contributed by atoms with E-state index in [0.717, 1.165) is 10.6 Å². The summed E-state index contributed by atoms with van der Waals surface area (Å²) in [4.78, 5) is 28.5. The van der Waals surface area contributed by atoms with Crippen molar-refractivity contribution in [3.8, 4) is 11.5 Å². The van der Waals surface area contributed by atoms with Crippen LogP contribution in [0.2, 0.25) is 0 Å². The molecule has 2 aromatic rings. The van der Waals surface area contributed by atoms with Gasteiger partial charge in [0.25, 0.3) is 0 Å². The molecule has 2 unspecified atom stereocenters. The van der Waals surface area contributed by atoms with Gasteiger partial charge < -0.3 is 19.7 Å². The highest BCUT2D eigenvalue weighted by molar-refractivity contribution is 7.10. The molecule has 6 nitrogen and oxygen atoms in total. The Kier molecular flexibility index (Phi) is 5.25. The first kappa shape index (κ1) is 19.8. The highest BCUT2D eigenvalue weighted by Gasteiger charge is 2.38. The highest BCUT2D eigenvalue weighted by atomic mass is 32.1. The molecule has 1 aromatic carbocycles. The number of rotatable bonds is 4. The standard InChI is InChI=1S/C22H26N2O4S/c1-22(2,3)20(18-5-4-10-29-18)23-21(26)14-11-19(25)24(13-14)15-6-7-16-17(12-15)28-9-8-27-16/h4-7,10,12,14,20H,8-9,11,13H2,1-3H3,(H,23,26). The SMILES string of the molecule is CC(C)(C)C(NC(=O)C1CC(=O)N(c2ccc3c(c2)OCCO3)C1)c1cccs1. The van der Waals surface area contributed by atoms with Crippen LogP contribution in [0.5, 0.6) is 11.5 Å². The van der Waals surface area contributed by atoms with Gasteiger partial charge in [-0.2, -0.15) is 0 Å². The van der Waals surface area contributed by atoms with Gasteiger partial charge in [-0.15, -0.1) is 11.3 Å². The first-order valence-corrected chi connectivity index (χ1v) is 10.7. The predicted octanol–water partition coefficient (Wildman–Crippen LogP) is 3.78. The van der Waals surface area contributed by atoms with Gasteiger partial charge in [-0.25, -0.2) is 0 Å². The van der Waals surface area contributed by atoms with Crippen LogP contribution < -0.4 is 19.7 Å². The van der Waals surface area contributed by atoms with Gasteiger partial charge in [-0.3, -0.25) is 9.59 Å². The summed E-state index contributed by atoms with van der Waals surface area (Å²) in [6.45, 7) is 7.71. The van der Waals surface area contributed by atoms with Gasteiger partial charge in [-0.05, 0) is 29.0 Å². The zero-order valence-electron chi connectivity index (χ0n) is 16.9. The van der Waals surface area contributed by atoms with Crippen LogP contribution in [0.4, 0.5) is 5.69 Å². The Hall–Kier alpha value is -2.54. The Morgan fingerprint density at radius 1 is 1.21 bits per heavy atom. The van der Waals surface area contributed by atoms with Crippen LogP contribution in [0.1, 0.15) is 38.1 Å². The second kappa shape index (κ2) is 7.71. The van der Waals surface area contributed by atoms with Crippen LogP contribution in [-0.4, -0.2) is 31.6 Å². The fourth-order valence-corrected chi connectivity index (χ4v) is 4.78. The van der Waals surface area contributed by atoms with Crippen molar-refractivity contribution in [2.75, 3.05) is 24.7 Å². The molecule has 1 saturated heterocycles. The Morgan fingerprint density at radius 3 is 2.66 bits per heavy atom. The summed E-state index contributed by atoms with van der Waals surface area (Å²) in [5.41, 5.74) is 0.610. The van der Waals surface area contributed by atoms with Crippen molar-refractivity contribution in [2.45, 2.75) is 33.2 Å². The van der Waals surface area contributed by atoms with Gasteiger partial charge in [0, 0.05) is 29.6 Å². The van der Waals surface area contributed by atoms with Crippen LogP contribution in [0.3, 0.4) is 0 Å². The highest BCUT2D eigenvalue weighted by Crippen LogP contribution is 2.38. The molecule has 1 N–H and O–H groups in total. The molecule has 2 aliphatic heterocycles. The van der Waals surface area contributed by atoms with E-state index in [1.807, 2.05) is 35.7 Å². The molecule has 1 fully saturated rings. The van der Waals surface area contributed by atoms with E-state index in [1.54, 1.807) is 16.2 Å². The van der Waals surface area contributed by atoms with Crippen molar-refractivity contribution < 1.29 is 19.1 Å². The lowest BCUT2D eigenvalue weighted by molar-refractivity contribution is -0.127. The number of ether oxygens (including phenoxy) is 2. The molecule has 0 radical (unpaired) electrons. The van der Waals surface area contributed by atoms with Crippen LogP contribution in [0, 0.1) is 11.3 Å². The van der Waals surface area contributed by atoms with Crippen molar-refractivity contribution in [3.63, 3.8) is 0 Å². The molecule has 0 bridgehead atoms. The number of amides is 2. The molecule has 2 aliphatic rings. The topological polar surface area (TPSA) is 67.9 Å². The Morgan fingerprint density at radius 2 is 1.97 bits per heavy atom. The van der Waals surface area contributed by atoms with E-state index in [2.05, 4.69) is 26.1 Å². The maximum absolute atomic E-state index is 13.0. The van der Waals surface area contributed by atoms with Gasteiger partial charge in [0.2, 0.25) is 11.8 Å². The number of fused-ring (bicyclic) bond motifs is 1. The summed E-state index contributed by atoms with van der Waals surface area (Å²) in [6.07, 6.45) is 0.210. The number of hydrogen-bond acceptors (Lipinski definition) is 5. The van der Waals surface area contributed by atoms with Gasteiger partial charge in [0.15, 0.2) is 11.5 Å².